The van der Waals surface area contributed by atoms with Crippen molar-refractivity contribution in [2.75, 3.05) is 11.8 Å². The van der Waals surface area contributed by atoms with E-state index in [1.807, 2.05) is 20.8 Å². The Balaban J connectivity index is 1.96. The molecule has 2 aromatic carbocycles. The van der Waals surface area contributed by atoms with Crippen molar-refractivity contribution in [2.24, 2.45) is 5.92 Å². The summed E-state index contributed by atoms with van der Waals surface area (Å²) in [4.78, 5) is 27.1. The molecule has 0 bridgehead atoms. The van der Waals surface area contributed by atoms with Crippen LogP contribution in [0.2, 0.25) is 0 Å². The van der Waals surface area contributed by atoms with Crippen LogP contribution in [0.15, 0.2) is 51.9 Å². The number of anilines is 1. The van der Waals surface area contributed by atoms with Crippen molar-refractivity contribution < 1.29 is 26.9 Å². The topological polar surface area (TPSA) is 122 Å². The normalized spacial score (nSPS) is 12.3. The molecule has 1 unspecified atom stereocenters. The minimum atomic E-state index is -4.13. The second-order valence-electron chi connectivity index (χ2n) is 9.73. The van der Waals surface area contributed by atoms with E-state index in [9.17, 15) is 22.4 Å². The largest absolute Gasteiger partial charge is 0.359 e. The number of hydrogen-bond acceptors (Lipinski definition) is 6. The number of carbonyl (C=O) groups is 2. The van der Waals surface area contributed by atoms with Crippen LogP contribution in [0.3, 0.4) is 0 Å². The average molecular weight is 559 g/mol. The molecule has 1 aromatic heterocycles. The third-order valence-electron chi connectivity index (χ3n) is 6.50. The number of aryl methyl sites for hydroxylation is 1. The van der Waals surface area contributed by atoms with Gasteiger partial charge in [-0.25, -0.2) is 12.8 Å². The first kappa shape index (κ1) is 29.8. The van der Waals surface area contributed by atoms with Crippen LogP contribution in [0.5, 0.6) is 0 Å². The number of amides is 2. The number of hydrogen-bond donors (Lipinski definition) is 2. The van der Waals surface area contributed by atoms with Gasteiger partial charge >= 0.3 is 0 Å². The third kappa shape index (κ3) is 6.83. The number of benzene rings is 2. The summed E-state index contributed by atoms with van der Waals surface area (Å²) in [7, 11) is -2.59. The van der Waals surface area contributed by atoms with Crippen molar-refractivity contribution in [3.63, 3.8) is 0 Å². The van der Waals surface area contributed by atoms with Gasteiger partial charge in [-0.05, 0) is 55.5 Å². The fourth-order valence-electron chi connectivity index (χ4n) is 4.29. The van der Waals surface area contributed by atoms with Crippen molar-refractivity contribution in [1.29, 1.82) is 0 Å². The fourth-order valence-corrected chi connectivity index (χ4v) is 5.56. The predicted octanol–water partition coefficient (Wildman–Crippen LogP) is 4.80. The van der Waals surface area contributed by atoms with Crippen molar-refractivity contribution in [2.45, 2.75) is 64.9 Å². The van der Waals surface area contributed by atoms with Gasteiger partial charge in [-0.15, -0.1) is 0 Å². The molecule has 3 rings (SSSR count). The van der Waals surface area contributed by atoms with Gasteiger partial charge in [-0.3, -0.25) is 14.3 Å². The quantitative estimate of drug-likeness (QED) is 0.349. The van der Waals surface area contributed by atoms with Gasteiger partial charge in [-0.1, -0.05) is 50.2 Å². The van der Waals surface area contributed by atoms with Gasteiger partial charge in [-0.2, -0.15) is 0 Å². The number of likely N-dealkylation sites (N-methyl/N-ethyl adjacent to an activating group) is 1. The third-order valence-corrected chi connectivity index (χ3v) is 7.90. The molecule has 1 atom stereocenters. The lowest BCUT2D eigenvalue weighted by molar-refractivity contribution is -0.142. The summed E-state index contributed by atoms with van der Waals surface area (Å²) in [5.74, 6) is -0.550. The molecule has 3 aromatic rings. The van der Waals surface area contributed by atoms with Crippen molar-refractivity contribution in [3.05, 3.63) is 65.2 Å². The number of carbonyl (C=O) groups excluding carboxylic acids is 2. The van der Waals surface area contributed by atoms with Gasteiger partial charge in [0.1, 0.15) is 17.6 Å². The SMILES string of the molecule is CCCC(=O)N(Cc1ccc(-c2cc(F)ccc2S(=O)(=O)Nc2noc(C)c2C)cc1)C(C(=O)NC)C(C)C. The summed E-state index contributed by atoms with van der Waals surface area (Å²) < 4.78 is 48.2. The van der Waals surface area contributed by atoms with E-state index in [1.165, 1.54) is 6.07 Å². The molecule has 0 fully saturated rings. The second kappa shape index (κ2) is 12.4. The number of nitrogens with one attached hydrogen (secondary N) is 2. The Bertz CT molecular complexity index is 1430. The summed E-state index contributed by atoms with van der Waals surface area (Å²) >= 11 is 0. The molecule has 0 aliphatic rings. The maximum Gasteiger partial charge on any atom is 0.263 e. The van der Waals surface area contributed by atoms with E-state index in [-0.39, 0.29) is 40.6 Å². The standard InChI is InChI=1S/C28H35FN4O5S/c1-7-8-25(34)33(26(17(2)3)28(35)30-6)16-20-9-11-21(12-10-20)23-15-22(29)13-14-24(23)39(36,37)32-27-18(4)19(5)38-31-27/h9-15,17,26H,7-8,16H2,1-6H3,(H,30,35)(H,31,32). The maximum atomic E-state index is 14.3. The van der Waals surface area contributed by atoms with Crippen molar-refractivity contribution >= 4 is 27.7 Å². The summed E-state index contributed by atoms with van der Waals surface area (Å²) in [6.07, 6.45) is 0.950. The Hall–Kier alpha value is -3.73. The molecule has 11 heteroatoms. The van der Waals surface area contributed by atoms with Gasteiger partial charge in [0.2, 0.25) is 11.8 Å². The van der Waals surface area contributed by atoms with E-state index in [0.29, 0.717) is 29.7 Å². The van der Waals surface area contributed by atoms with E-state index in [4.69, 9.17) is 4.52 Å². The lowest BCUT2D eigenvalue weighted by atomic mass is 9.99. The molecule has 0 radical (unpaired) electrons. The zero-order valence-corrected chi connectivity index (χ0v) is 23.9. The Labute approximate surface area is 228 Å². The van der Waals surface area contributed by atoms with Gasteiger partial charge in [0.25, 0.3) is 10.0 Å². The molecule has 0 aliphatic carbocycles. The molecule has 0 saturated heterocycles. The first-order valence-electron chi connectivity index (χ1n) is 12.7. The van der Waals surface area contributed by atoms with Gasteiger partial charge < -0.3 is 14.7 Å². The molecule has 0 spiro atoms. The first-order valence-corrected chi connectivity index (χ1v) is 14.2. The lowest BCUT2D eigenvalue weighted by Gasteiger charge is -2.33. The Morgan fingerprint density at radius 2 is 1.77 bits per heavy atom. The molecule has 9 nitrogen and oxygen atoms in total. The smallest absolute Gasteiger partial charge is 0.263 e. The Kier molecular flexibility index (Phi) is 9.49. The molecule has 0 aliphatic heterocycles. The van der Waals surface area contributed by atoms with E-state index in [2.05, 4.69) is 15.2 Å². The monoisotopic (exact) mass is 558 g/mol. The highest BCUT2D eigenvalue weighted by molar-refractivity contribution is 7.92. The van der Waals surface area contributed by atoms with Crippen LogP contribution >= 0.6 is 0 Å². The minimum absolute atomic E-state index is 0.0609. The number of halogens is 1. The van der Waals surface area contributed by atoms with E-state index >= 15 is 0 Å². The van der Waals surface area contributed by atoms with Crippen LogP contribution in [-0.4, -0.2) is 43.4 Å². The molecule has 210 valence electrons. The molecule has 2 N–H and O–H groups in total. The van der Waals surface area contributed by atoms with Gasteiger partial charge in [0, 0.05) is 31.1 Å². The lowest BCUT2D eigenvalue weighted by Crippen LogP contribution is -2.51. The maximum absolute atomic E-state index is 14.3. The summed E-state index contributed by atoms with van der Waals surface area (Å²) in [5.41, 5.74) is 1.91. The summed E-state index contributed by atoms with van der Waals surface area (Å²) in [5, 5.41) is 6.40. The average Bonchev–Trinajstić information content (AvgIpc) is 3.19. The van der Waals surface area contributed by atoms with Crippen LogP contribution in [-0.2, 0) is 26.2 Å². The second-order valence-corrected chi connectivity index (χ2v) is 11.4. The van der Waals surface area contributed by atoms with E-state index < -0.39 is 21.9 Å². The van der Waals surface area contributed by atoms with Gasteiger partial charge in [0.05, 0.1) is 4.90 Å². The predicted molar refractivity (Wildman–Crippen MR) is 147 cm³/mol. The van der Waals surface area contributed by atoms with Crippen molar-refractivity contribution in [3.8, 4) is 11.1 Å². The molecule has 0 saturated carbocycles. The summed E-state index contributed by atoms with van der Waals surface area (Å²) in [6.45, 7) is 9.21. The molecular formula is C28H35FN4O5S. The summed E-state index contributed by atoms with van der Waals surface area (Å²) in [6, 6.07) is 9.60. The zero-order valence-electron chi connectivity index (χ0n) is 23.0. The first-order chi connectivity index (χ1) is 18.4. The number of aromatic nitrogens is 1. The van der Waals surface area contributed by atoms with Crippen LogP contribution in [0.25, 0.3) is 11.1 Å². The van der Waals surface area contributed by atoms with Crippen LogP contribution in [0.4, 0.5) is 10.2 Å². The molecule has 39 heavy (non-hydrogen) atoms. The highest BCUT2D eigenvalue weighted by Crippen LogP contribution is 2.31. The van der Waals surface area contributed by atoms with Crippen LogP contribution < -0.4 is 10.0 Å². The minimum Gasteiger partial charge on any atom is -0.359 e. The number of sulfonamides is 1. The molecule has 1 heterocycles. The Morgan fingerprint density at radius 1 is 1.10 bits per heavy atom. The molecular weight excluding hydrogens is 523 g/mol. The van der Waals surface area contributed by atoms with E-state index in [0.717, 1.165) is 17.7 Å². The molecule has 2 amide bonds. The van der Waals surface area contributed by atoms with Crippen LogP contribution in [0.1, 0.15) is 50.5 Å². The van der Waals surface area contributed by atoms with Crippen LogP contribution in [0, 0.1) is 25.6 Å². The Morgan fingerprint density at radius 3 is 2.31 bits per heavy atom. The fraction of sp³-hybridized carbons (Fsp3) is 0.393. The van der Waals surface area contributed by atoms with E-state index in [1.54, 1.807) is 50.1 Å². The highest BCUT2D eigenvalue weighted by atomic mass is 32.2. The zero-order chi connectivity index (χ0) is 28.9. The number of nitrogens with zero attached hydrogens (tertiary/aromatic N) is 2. The number of rotatable bonds is 11. The van der Waals surface area contributed by atoms with Crippen molar-refractivity contribution in [1.82, 2.24) is 15.4 Å². The van der Waals surface area contributed by atoms with Gasteiger partial charge in [0.15, 0.2) is 5.82 Å². The highest BCUT2D eigenvalue weighted by Gasteiger charge is 2.31.